The van der Waals surface area contributed by atoms with E-state index in [9.17, 15) is 14.9 Å². The molecule has 2 aromatic rings. The molecule has 0 fully saturated rings. The van der Waals surface area contributed by atoms with Crippen LogP contribution in [0.2, 0.25) is 0 Å². The van der Waals surface area contributed by atoms with Crippen LogP contribution in [-0.4, -0.2) is 27.6 Å². The van der Waals surface area contributed by atoms with Crippen LogP contribution in [0.5, 0.6) is 0 Å². The largest absolute Gasteiger partial charge is 0.374 e. The molecule has 1 heterocycles. The lowest BCUT2D eigenvalue weighted by molar-refractivity contribution is -0.385. The fraction of sp³-hybridized carbons (Fsp3) is 0.250. The van der Waals surface area contributed by atoms with E-state index in [1.165, 1.54) is 18.2 Å². The van der Waals surface area contributed by atoms with E-state index in [0.717, 1.165) is 11.3 Å². The summed E-state index contributed by atoms with van der Waals surface area (Å²) >= 11 is 1.16. The molecule has 0 saturated heterocycles. The van der Waals surface area contributed by atoms with Gasteiger partial charge in [-0.05, 0) is 13.0 Å². The van der Waals surface area contributed by atoms with Gasteiger partial charge in [0.15, 0.2) is 0 Å². The zero-order chi connectivity index (χ0) is 15.2. The number of nitro groups is 1. The Hall–Kier alpha value is -2.39. The van der Waals surface area contributed by atoms with Crippen LogP contribution in [-0.2, 0) is 11.3 Å². The number of anilines is 1. The highest BCUT2D eigenvalue weighted by atomic mass is 32.1. The Morgan fingerprint density at radius 1 is 1.43 bits per heavy atom. The van der Waals surface area contributed by atoms with E-state index in [2.05, 4.69) is 15.5 Å². The van der Waals surface area contributed by atoms with Crippen molar-refractivity contribution in [1.82, 2.24) is 10.2 Å². The number of hydrogen-bond donors (Lipinski definition) is 1. The number of nitro benzene ring substituents is 1. The van der Waals surface area contributed by atoms with Crippen molar-refractivity contribution in [3.8, 4) is 0 Å². The van der Waals surface area contributed by atoms with Gasteiger partial charge in [0.05, 0.1) is 4.92 Å². The predicted octanol–water partition coefficient (Wildman–Crippen LogP) is 2.24. The minimum absolute atomic E-state index is 0.0240. The Morgan fingerprint density at radius 2 is 2.19 bits per heavy atom. The van der Waals surface area contributed by atoms with Crippen molar-refractivity contribution in [3.05, 3.63) is 45.0 Å². The van der Waals surface area contributed by atoms with Gasteiger partial charge >= 0.3 is 0 Å². The van der Waals surface area contributed by atoms with E-state index in [-0.39, 0.29) is 16.4 Å². The van der Waals surface area contributed by atoms with E-state index in [4.69, 9.17) is 4.74 Å². The third-order valence-corrected chi connectivity index (χ3v) is 3.27. The van der Waals surface area contributed by atoms with E-state index >= 15 is 0 Å². The number of nitrogens with zero attached hydrogens (tertiary/aromatic N) is 3. The monoisotopic (exact) mass is 308 g/mol. The summed E-state index contributed by atoms with van der Waals surface area (Å²) in [4.78, 5) is 22.3. The Morgan fingerprint density at radius 3 is 2.90 bits per heavy atom. The second-order valence-electron chi connectivity index (χ2n) is 3.87. The van der Waals surface area contributed by atoms with Gasteiger partial charge in [-0.1, -0.05) is 23.5 Å². The molecule has 9 heteroatoms. The number of amides is 1. The third kappa shape index (κ3) is 3.80. The van der Waals surface area contributed by atoms with Crippen LogP contribution >= 0.6 is 11.3 Å². The van der Waals surface area contributed by atoms with Gasteiger partial charge in [-0.25, -0.2) is 0 Å². The molecule has 8 nitrogen and oxygen atoms in total. The average Bonchev–Trinajstić information content (AvgIpc) is 2.92. The molecule has 0 aliphatic rings. The number of nitrogens with one attached hydrogen (secondary N) is 1. The Bertz CT molecular complexity index is 658. The smallest absolute Gasteiger partial charge is 0.282 e. The second kappa shape index (κ2) is 6.86. The molecule has 21 heavy (non-hydrogen) atoms. The summed E-state index contributed by atoms with van der Waals surface area (Å²) in [6, 6.07) is 5.72. The van der Waals surface area contributed by atoms with Crippen molar-refractivity contribution in [2.24, 2.45) is 0 Å². The van der Waals surface area contributed by atoms with Crippen LogP contribution in [0, 0.1) is 10.1 Å². The molecule has 0 atom stereocenters. The number of carbonyl (C=O) groups is 1. The average molecular weight is 308 g/mol. The Kier molecular flexibility index (Phi) is 4.90. The summed E-state index contributed by atoms with van der Waals surface area (Å²) in [5, 5.41) is 21.9. The highest BCUT2D eigenvalue weighted by Crippen LogP contribution is 2.21. The van der Waals surface area contributed by atoms with Crippen LogP contribution in [0.3, 0.4) is 0 Å². The van der Waals surface area contributed by atoms with Gasteiger partial charge in [0.1, 0.15) is 17.2 Å². The second-order valence-corrected chi connectivity index (χ2v) is 4.93. The highest BCUT2D eigenvalue weighted by molar-refractivity contribution is 7.15. The van der Waals surface area contributed by atoms with E-state index < -0.39 is 10.8 Å². The van der Waals surface area contributed by atoms with Crippen molar-refractivity contribution in [3.63, 3.8) is 0 Å². The SMILES string of the molecule is CCOCc1nnc(NC(=O)c2ccccc2[N+](=O)[O-])s1. The van der Waals surface area contributed by atoms with Crippen molar-refractivity contribution >= 4 is 28.1 Å². The number of hydrogen-bond acceptors (Lipinski definition) is 7. The van der Waals surface area contributed by atoms with E-state index in [1.54, 1.807) is 6.07 Å². The highest BCUT2D eigenvalue weighted by Gasteiger charge is 2.20. The summed E-state index contributed by atoms with van der Waals surface area (Å²) in [6.07, 6.45) is 0. The number of ether oxygens (including phenoxy) is 1. The van der Waals surface area contributed by atoms with Gasteiger partial charge in [-0.2, -0.15) is 0 Å². The summed E-state index contributed by atoms with van der Waals surface area (Å²) in [7, 11) is 0. The molecule has 2 rings (SSSR count). The Labute approximate surface area is 123 Å². The van der Waals surface area contributed by atoms with Crippen LogP contribution < -0.4 is 5.32 Å². The molecule has 0 saturated carbocycles. The summed E-state index contributed by atoms with van der Waals surface area (Å²) in [5.41, 5.74) is -0.280. The summed E-state index contributed by atoms with van der Waals surface area (Å²) < 4.78 is 5.18. The van der Waals surface area contributed by atoms with Crippen LogP contribution in [0.1, 0.15) is 22.3 Å². The predicted molar refractivity (Wildman–Crippen MR) is 76.3 cm³/mol. The fourth-order valence-electron chi connectivity index (χ4n) is 1.54. The lowest BCUT2D eigenvalue weighted by Crippen LogP contribution is -2.13. The van der Waals surface area contributed by atoms with Crippen molar-refractivity contribution < 1.29 is 14.5 Å². The molecule has 1 aromatic carbocycles. The molecule has 0 bridgehead atoms. The standard InChI is InChI=1S/C12H12N4O4S/c1-2-20-7-10-14-15-12(21-10)13-11(17)8-5-3-4-6-9(8)16(18)19/h3-6H,2,7H2,1H3,(H,13,15,17). The molecule has 1 N–H and O–H groups in total. The van der Waals surface area contributed by atoms with Crippen molar-refractivity contribution in [2.75, 3.05) is 11.9 Å². The fourth-order valence-corrected chi connectivity index (χ4v) is 2.21. The van der Waals surface area contributed by atoms with Gasteiger partial charge in [0.25, 0.3) is 11.6 Å². The molecular weight excluding hydrogens is 296 g/mol. The van der Waals surface area contributed by atoms with Crippen LogP contribution in [0.25, 0.3) is 0 Å². The molecule has 0 aliphatic carbocycles. The molecule has 0 radical (unpaired) electrons. The van der Waals surface area contributed by atoms with Crippen molar-refractivity contribution in [2.45, 2.75) is 13.5 Å². The molecule has 0 spiro atoms. The minimum atomic E-state index is -0.602. The number of benzene rings is 1. The third-order valence-electron chi connectivity index (χ3n) is 2.46. The maximum atomic E-state index is 12.1. The minimum Gasteiger partial charge on any atom is -0.374 e. The van der Waals surface area contributed by atoms with Gasteiger partial charge in [-0.3, -0.25) is 20.2 Å². The molecule has 1 aromatic heterocycles. The normalized spacial score (nSPS) is 10.3. The lowest BCUT2D eigenvalue weighted by Gasteiger charge is -2.01. The number of carbonyl (C=O) groups excluding carboxylic acids is 1. The zero-order valence-corrected chi connectivity index (χ0v) is 11.9. The Balaban J connectivity index is 2.11. The van der Waals surface area contributed by atoms with Gasteiger partial charge in [0.2, 0.25) is 5.13 Å². The topological polar surface area (TPSA) is 107 Å². The number of para-hydroxylation sites is 1. The molecular formula is C12H12N4O4S. The summed E-state index contributed by atoms with van der Waals surface area (Å²) in [5.74, 6) is -0.596. The van der Waals surface area contributed by atoms with E-state index in [0.29, 0.717) is 18.2 Å². The lowest BCUT2D eigenvalue weighted by atomic mass is 10.1. The first-order valence-corrected chi connectivity index (χ1v) is 6.88. The van der Waals surface area contributed by atoms with Crippen LogP contribution in [0.4, 0.5) is 10.8 Å². The zero-order valence-electron chi connectivity index (χ0n) is 11.1. The quantitative estimate of drug-likeness (QED) is 0.647. The maximum absolute atomic E-state index is 12.1. The molecule has 0 unspecified atom stereocenters. The first-order chi connectivity index (χ1) is 10.1. The number of rotatable bonds is 6. The van der Waals surface area contributed by atoms with Crippen LogP contribution in [0.15, 0.2) is 24.3 Å². The number of aromatic nitrogens is 2. The molecule has 0 aliphatic heterocycles. The maximum Gasteiger partial charge on any atom is 0.282 e. The van der Waals surface area contributed by atoms with E-state index in [1.807, 2.05) is 6.92 Å². The first kappa shape index (κ1) is 15.0. The van der Waals surface area contributed by atoms with Crippen molar-refractivity contribution in [1.29, 1.82) is 0 Å². The molecule has 110 valence electrons. The van der Waals surface area contributed by atoms with Gasteiger partial charge in [0, 0.05) is 12.7 Å². The van der Waals surface area contributed by atoms with Gasteiger partial charge in [-0.15, -0.1) is 10.2 Å². The molecule has 1 amide bonds. The van der Waals surface area contributed by atoms with Gasteiger partial charge < -0.3 is 4.74 Å². The summed E-state index contributed by atoms with van der Waals surface area (Å²) in [6.45, 7) is 2.73. The first-order valence-electron chi connectivity index (χ1n) is 6.06.